The third-order valence-corrected chi connectivity index (χ3v) is 4.36. The Balaban J connectivity index is 2.35. The van der Waals surface area contributed by atoms with Crippen LogP contribution in [0, 0.1) is 17.0 Å². The van der Waals surface area contributed by atoms with Gasteiger partial charge in [-0.1, -0.05) is 0 Å². The highest BCUT2D eigenvalue weighted by molar-refractivity contribution is 5.96. The van der Waals surface area contributed by atoms with E-state index in [9.17, 15) is 29.9 Å². The molecule has 0 aromatic heterocycles. The second kappa shape index (κ2) is 8.01. The van der Waals surface area contributed by atoms with E-state index in [1.807, 2.05) is 0 Å². The Morgan fingerprint density at radius 3 is 2.46 bits per heavy atom. The van der Waals surface area contributed by atoms with Gasteiger partial charge in [0.15, 0.2) is 0 Å². The smallest absolute Gasteiger partial charge is 0.410 e. The van der Waals surface area contributed by atoms with Crippen LogP contribution in [0.4, 0.5) is 16.2 Å². The molecule has 1 fully saturated rings. The third-order valence-electron chi connectivity index (χ3n) is 4.36. The number of aryl methyl sites for hydroxylation is 1. The fourth-order valence-corrected chi connectivity index (χ4v) is 3.21. The first-order valence-electron chi connectivity index (χ1n) is 8.82. The minimum Gasteiger partial charge on any atom is -0.478 e. The van der Waals surface area contributed by atoms with Crippen molar-refractivity contribution >= 4 is 23.4 Å². The standard InChI is InChI=1S/C18H25N3O7/c1-11-7-12(21(26)27)8-14(16(23)24)15(11)20-6-5-19(9-13(20)10-22)17(25)28-18(2,3)4/h7-8,13,22H,5-6,9-10H2,1-4H3,(H,23,24). The number of nitro groups is 1. The summed E-state index contributed by atoms with van der Waals surface area (Å²) in [7, 11) is 0. The van der Waals surface area contributed by atoms with Crippen LogP contribution in [0.25, 0.3) is 0 Å². The van der Waals surface area contributed by atoms with Crippen molar-refractivity contribution in [2.24, 2.45) is 0 Å². The van der Waals surface area contributed by atoms with Crippen molar-refractivity contribution in [1.29, 1.82) is 0 Å². The quantitative estimate of drug-likeness (QED) is 0.584. The molecule has 1 aliphatic heterocycles. The van der Waals surface area contributed by atoms with Gasteiger partial charge in [-0.3, -0.25) is 10.1 Å². The van der Waals surface area contributed by atoms with E-state index < -0.39 is 28.6 Å². The molecule has 1 aromatic carbocycles. The van der Waals surface area contributed by atoms with Crippen molar-refractivity contribution in [2.45, 2.75) is 39.3 Å². The van der Waals surface area contributed by atoms with Gasteiger partial charge in [-0.05, 0) is 33.3 Å². The number of carboxylic acids is 1. The van der Waals surface area contributed by atoms with E-state index in [0.29, 0.717) is 11.3 Å². The molecule has 1 saturated heterocycles. The van der Waals surface area contributed by atoms with Gasteiger partial charge in [0.1, 0.15) is 5.60 Å². The molecule has 0 spiro atoms. The van der Waals surface area contributed by atoms with E-state index in [2.05, 4.69) is 0 Å². The lowest BCUT2D eigenvalue weighted by molar-refractivity contribution is -0.384. The predicted molar refractivity (Wildman–Crippen MR) is 101 cm³/mol. The number of aliphatic hydroxyl groups excluding tert-OH is 1. The summed E-state index contributed by atoms with van der Waals surface area (Å²) in [5.41, 5.74) is -0.465. The summed E-state index contributed by atoms with van der Waals surface area (Å²) >= 11 is 0. The van der Waals surface area contributed by atoms with Crippen molar-refractivity contribution in [3.8, 4) is 0 Å². The number of nitro benzene ring substituents is 1. The number of amides is 1. The molecule has 0 radical (unpaired) electrons. The molecule has 154 valence electrons. The highest BCUT2D eigenvalue weighted by Crippen LogP contribution is 2.33. The maximum absolute atomic E-state index is 12.3. The zero-order chi connectivity index (χ0) is 21.2. The molecule has 0 aliphatic carbocycles. The average Bonchev–Trinajstić information content (AvgIpc) is 2.58. The second-order valence-electron chi connectivity index (χ2n) is 7.68. The molecule has 2 rings (SSSR count). The van der Waals surface area contributed by atoms with Crippen LogP contribution in [0.15, 0.2) is 12.1 Å². The fourth-order valence-electron chi connectivity index (χ4n) is 3.21. The number of anilines is 1. The lowest BCUT2D eigenvalue weighted by atomic mass is 10.0. The molecular weight excluding hydrogens is 370 g/mol. The Morgan fingerprint density at radius 2 is 1.96 bits per heavy atom. The van der Waals surface area contributed by atoms with E-state index in [-0.39, 0.29) is 37.5 Å². The second-order valence-corrected chi connectivity index (χ2v) is 7.68. The minimum atomic E-state index is -1.30. The molecule has 1 aromatic rings. The van der Waals surface area contributed by atoms with Crippen molar-refractivity contribution in [3.63, 3.8) is 0 Å². The maximum Gasteiger partial charge on any atom is 0.410 e. The zero-order valence-electron chi connectivity index (χ0n) is 16.3. The van der Waals surface area contributed by atoms with Crippen molar-refractivity contribution in [1.82, 2.24) is 4.90 Å². The number of hydrogen-bond acceptors (Lipinski definition) is 7. The zero-order valence-corrected chi connectivity index (χ0v) is 16.3. The van der Waals surface area contributed by atoms with Crippen LogP contribution < -0.4 is 4.90 Å². The summed E-state index contributed by atoms with van der Waals surface area (Å²) in [6, 6.07) is 1.75. The largest absolute Gasteiger partial charge is 0.478 e. The number of carbonyl (C=O) groups is 2. The van der Waals surface area contributed by atoms with Gasteiger partial charge in [0, 0.05) is 31.8 Å². The van der Waals surface area contributed by atoms with Crippen molar-refractivity contribution < 1.29 is 29.5 Å². The topological polar surface area (TPSA) is 133 Å². The normalized spacial score (nSPS) is 17.4. The Bertz CT molecular complexity index is 788. The Hall–Kier alpha value is -2.88. The van der Waals surface area contributed by atoms with Crippen LogP contribution in [0.3, 0.4) is 0 Å². The predicted octanol–water partition coefficient (Wildman–Crippen LogP) is 2.02. The van der Waals surface area contributed by atoms with Crippen LogP contribution in [0.1, 0.15) is 36.7 Å². The van der Waals surface area contributed by atoms with Crippen molar-refractivity contribution in [2.75, 3.05) is 31.1 Å². The first kappa shape index (κ1) is 21.4. The van der Waals surface area contributed by atoms with Gasteiger partial charge in [-0.2, -0.15) is 0 Å². The molecule has 1 unspecified atom stereocenters. The number of benzene rings is 1. The SMILES string of the molecule is Cc1cc([N+](=O)[O-])cc(C(=O)O)c1N1CCN(C(=O)OC(C)(C)C)CC1CO. The Morgan fingerprint density at radius 1 is 1.32 bits per heavy atom. The number of aliphatic hydroxyl groups is 1. The lowest BCUT2D eigenvalue weighted by Gasteiger charge is -2.43. The first-order chi connectivity index (χ1) is 12.9. The molecular formula is C18H25N3O7. The number of non-ortho nitro benzene ring substituents is 1. The summed E-state index contributed by atoms with van der Waals surface area (Å²) in [6.45, 7) is 7.18. The maximum atomic E-state index is 12.3. The summed E-state index contributed by atoms with van der Waals surface area (Å²) in [5.74, 6) is -1.30. The number of carboxylic acid groups (broad SMARTS) is 1. The van der Waals surface area contributed by atoms with Crippen LogP contribution in [-0.4, -0.2) is 70.0 Å². The summed E-state index contributed by atoms with van der Waals surface area (Å²) in [6.07, 6.45) is -0.510. The third kappa shape index (κ3) is 4.69. The number of nitrogens with zero attached hydrogens (tertiary/aromatic N) is 3. The summed E-state index contributed by atoms with van der Waals surface area (Å²) < 4.78 is 5.36. The molecule has 10 nitrogen and oxygen atoms in total. The van der Waals surface area contributed by atoms with E-state index in [1.54, 1.807) is 32.6 Å². The van der Waals surface area contributed by atoms with Crippen LogP contribution in [0.2, 0.25) is 0 Å². The number of carbonyl (C=O) groups excluding carboxylic acids is 1. The molecule has 1 aliphatic rings. The molecule has 1 heterocycles. The van der Waals surface area contributed by atoms with E-state index in [1.165, 1.54) is 11.0 Å². The van der Waals surface area contributed by atoms with Gasteiger partial charge in [-0.25, -0.2) is 9.59 Å². The van der Waals surface area contributed by atoms with Crippen LogP contribution in [-0.2, 0) is 4.74 Å². The van der Waals surface area contributed by atoms with Gasteiger partial charge in [-0.15, -0.1) is 0 Å². The van der Waals surface area contributed by atoms with Gasteiger partial charge < -0.3 is 24.7 Å². The molecule has 1 amide bonds. The fraction of sp³-hybridized carbons (Fsp3) is 0.556. The molecule has 10 heteroatoms. The average molecular weight is 395 g/mol. The van der Waals surface area contributed by atoms with Crippen molar-refractivity contribution in [3.05, 3.63) is 33.4 Å². The monoisotopic (exact) mass is 395 g/mol. The summed E-state index contributed by atoms with van der Waals surface area (Å²) in [5, 5.41) is 30.5. The molecule has 2 N–H and O–H groups in total. The highest BCUT2D eigenvalue weighted by atomic mass is 16.6. The van der Waals surface area contributed by atoms with Gasteiger partial charge in [0.05, 0.1) is 28.8 Å². The number of hydrogen-bond donors (Lipinski definition) is 2. The first-order valence-corrected chi connectivity index (χ1v) is 8.82. The lowest BCUT2D eigenvalue weighted by Crippen LogP contribution is -2.57. The number of piperazine rings is 1. The molecule has 0 bridgehead atoms. The van der Waals surface area contributed by atoms with Crippen LogP contribution >= 0.6 is 0 Å². The van der Waals surface area contributed by atoms with E-state index in [4.69, 9.17) is 4.74 Å². The van der Waals surface area contributed by atoms with Crippen LogP contribution in [0.5, 0.6) is 0 Å². The minimum absolute atomic E-state index is 0.140. The van der Waals surface area contributed by atoms with E-state index >= 15 is 0 Å². The van der Waals surface area contributed by atoms with E-state index in [0.717, 1.165) is 6.07 Å². The molecule has 0 saturated carbocycles. The van der Waals surface area contributed by atoms with Gasteiger partial charge in [0.25, 0.3) is 5.69 Å². The number of rotatable bonds is 4. The Kier molecular flexibility index (Phi) is 6.13. The molecule has 1 atom stereocenters. The number of aromatic carboxylic acids is 1. The number of ether oxygens (including phenoxy) is 1. The Labute approximate surface area is 162 Å². The van der Waals surface area contributed by atoms with Gasteiger partial charge in [0.2, 0.25) is 0 Å². The molecule has 28 heavy (non-hydrogen) atoms. The summed E-state index contributed by atoms with van der Waals surface area (Å²) in [4.78, 5) is 37.6. The highest BCUT2D eigenvalue weighted by Gasteiger charge is 2.34. The van der Waals surface area contributed by atoms with Gasteiger partial charge >= 0.3 is 12.1 Å².